The maximum absolute atomic E-state index is 10.3. The van der Waals surface area contributed by atoms with Crippen molar-refractivity contribution in [2.75, 3.05) is 7.11 Å². The summed E-state index contributed by atoms with van der Waals surface area (Å²) in [6.45, 7) is 4.92. The number of rotatable bonds is 6. The van der Waals surface area contributed by atoms with E-state index in [1.807, 2.05) is 68.4 Å². The maximum atomic E-state index is 10.3. The number of fused-ring (bicyclic) bond motifs is 1. The van der Waals surface area contributed by atoms with E-state index < -0.39 is 4.92 Å². The van der Waals surface area contributed by atoms with Crippen LogP contribution >= 0.6 is 0 Å². The Morgan fingerprint density at radius 1 is 1.15 bits per heavy atom. The van der Waals surface area contributed by atoms with Gasteiger partial charge in [-0.2, -0.15) is 0 Å². The van der Waals surface area contributed by atoms with E-state index in [9.17, 15) is 10.1 Å². The van der Waals surface area contributed by atoms with E-state index in [2.05, 4.69) is 10.1 Å². The highest BCUT2D eigenvalue weighted by atomic mass is 16.6. The molecule has 0 amide bonds. The van der Waals surface area contributed by atoms with Gasteiger partial charge in [-0.3, -0.25) is 4.57 Å². The monoisotopic (exact) mass is 464 g/mol. The van der Waals surface area contributed by atoms with Gasteiger partial charge in [0.05, 0.1) is 13.7 Å². The summed E-state index contributed by atoms with van der Waals surface area (Å²) >= 11 is 0. The van der Waals surface area contributed by atoms with Crippen LogP contribution in [0.25, 0.3) is 11.3 Å². The zero-order chi connectivity index (χ0) is 24.1. The van der Waals surface area contributed by atoms with Crippen LogP contribution in [-0.2, 0) is 13.2 Å². The van der Waals surface area contributed by atoms with E-state index in [4.69, 9.17) is 18.7 Å². The van der Waals surface area contributed by atoms with Crippen molar-refractivity contribution in [1.29, 1.82) is 0 Å². The number of nitro groups is 1. The average Bonchev–Trinajstić information content (AvgIpc) is 3.54. The van der Waals surface area contributed by atoms with Crippen molar-refractivity contribution in [1.82, 2.24) is 14.7 Å². The largest absolute Gasteiger partial charge is 0.497 e. The van der Waals surface area contributed by atoms with Gasteiger partial charge in [0.15, 0.2) is 5.76 Å². The normalized spacial score (nSPS) is 13.9. The highest BCUT2D eigenvalue weighted by molar-refractivity contribution is 5.59. The summed E-state index contributed by atoms with van der Waals surface area (Å²) < 4.78 is 23.0. The molecule has 0 radical (unpaired) electrons. The summed E-state index contributed by atoms with van der Waals surface area (Å²) in [5.74, 6) is 2.16. The number of ether oxygens (including phenoxy) is 3. The van der Waals surface area contributed by atoms with E-state index in [1.54, 1.807) is 11.7 Å². The van der Waals surface area contributed by atoms with Gasteiger partial charge in [-0.15, -0.1) is 0 Å². The fourth-order valence-corrected chi connectivity index (χ4v) is 3.26. The van der Waals surface area contributed by atoms with Gasteiger partial charge < -0.3 is 28.8 Å². The molecule has 10 nitrogen and oxygen atoms in total. The highest BCUT2D eigenvalue weighted by Gasteiger charge is 2.28. The average molecular weight is 464 g/mol. The van der Waals surface area contributed by atoms with Crippen molar-refractivity contribution >= 4 is 5.82 Å². The topological polar surface area (TPSA) is 115 Å². The molecule has 34 heavy (non-hydrogen) atoms. The highest BCUT2D eigenvalue weighted by Crippen LogP contribution is 2.24. The molecule has 1 aliphatic heterocycles. The smallest absolute Gasteiger partial charge is 0.414 e. The van der Waals surface area contributed by atoms with Gasteiger partial charge in [-0.1, -0.05) is 22.9 Å². The lowest BCUT2D eigenvalue weighted by atomic mass is 10.1. The second-order valence-corrected chi connectivity index (χ2v) is 7.73. The minimum atomic E-state index is -0.528. The Bertz CT molecular complexity index is 1220. The summed E-state index contributed by atoms with van der Waals surface area (Å²) in [5.41, 5.74) is 2.96. The van der Waals surface area contributed by atoms with E-state index in [0.717, 1.165) is 22.8 Å². The number of nitrogens with zero attached hydrogens (tertiary/aromatic N) is 4. The molecule has 0 bridgehead atoms. The number of imidazole rings is 1. The number of hydrogen-bond donors (Lipinski definition) is 0. The van der Waals surface area contributed by atoms with Crippen molar-refractivity contribution in [3.8, 4) is 28.8 Å². The van der Waals surface area contributed by atoms with Gasteiger partial charge in [0.2, 0.25) is 0 Å². The molecule has 0 saturated carbocycles. The zero-order valence-electron chi connectivity index (χ0n) is 19.0. The first kappa shape index (κ1) is 22.8. The molecule has 176 valence electrons. The van der Waals surface area contributed by atoms with Crippen molar-refractivity contribution in [3.63, 3.8) is 0 Å². The minimum absolute atomic E-state index is 0.0632. The molecule has 5 rings (SSSR count). The SMILES string of the molecule is CC1Cn2cc([N+](=O)[O-])nc2O1.COc1ccc(-c2cc(COc3ccc(C)cc3)on2)cc1. The molecule has 1 atom stereocenters. The van der Waals surface area contributed by atoms with Gasteiger partial charge >= 0.3 is 11.8 Å². The molecule has 1 aliphatic rings. The number of aromatic nitrogens is 3. The molecular formula is C24H24N4O6. The third kappa shape index (κ3) is 5.52. The number of methoxy groups -OCH3 is 1. The number of benzene rings is 2. The quantitative estimate of drug-likeness (QED) is 0.295. The standard InChI is InChI=1S/C18H17NO3.C6H7N3O3/c1-13-3-7-16(8-4-13)21-12-17-11-18(19-22-17)14-5-9-15(20-2)10-6-14;1-4-2-8-3-5(9(10)11)7-6(8)12-4/h3-11H,12H2,1-2H3;3-4H,2H2,1H3. The molecule has 3 heterocycles. The molecule has 0 aliphatic carbocycles. The Morgan fingerprint density at radius 3 is 2.50 bits per heavy atom. The van der Waals surface area contributed by atoms with Crippen molar-refractivity contribution in [2.24, 2.45) is 0 Å². The third-order valence-electron chi connectivity index (χ3n) is 5.02. The molecule has 0 spiro atoms. The first-order chi connectivity index (χ1) is 16.4. The first-order valence-electron chi connectivity index (χ1n) is 10.6. The van der Waals surface area contributed by atoms with Crippen molar-refractivity contribution in [3.05, 3.63) is 82.2 Å². The van der Waals surface area contributed by atoms with Gasteiger partial charge in [0.1, 0.15) is 36.1 Å². The molecular weight excluding hydrogens is 440 g/mol. The summed E-state index contributed by atoms with van der Waals surface area (Å²) in [4.78, 5) is 13.4. The van der Waals surface area contributed by atoms with Crippen LogP contribution in [0.5, 0.6) is 17.5 Å². The fourth-order valence-electron chi connectivity index (χ4n) is 3.26. The van der Waals surface area contributed by atoms with E-state index in [-0.39, 0.29) is 11.9 Å². The first-order valence-corrected chi connectivity index (χ1v) is 10.6. The summed E-state index contributed by atoms with van der Waals surface area (Å²) in [7, 11) is 1.64. The lowest BCUT2D eigenvalue weighted by Gasteiger charge is -2.03. The van der Waals surface area contributed by atoms with Gasteiger partial charge in [0.25, 0.3) is 0 Å². The maximum Gasteiger partial charge on any atom is 0.414 e. The summed E-state index contributed by atoms with van der Waals surface area (Å²) in [5, 5.41) is 14.3. The van der Waals surface area contributed by atoms with Crippen LogP contribution < -0.4 is 14.2 Å². The van der Waals surface area contributed by atoms with Crippen LogP contribution in [0, 0.1) is 17.0 Å². The second-order valence-electron chi connectivity index (χ2n) is 7.73. The van der Waals surface area contributed by atoms with E-state index in [1.165, 1.54) is 11.8 Å². The number of aryl methyl sites for hydroxylation is 1. The van der Waals surface area contributed by atoms with E-state index in [0.29, 0.717) is 24.9 Å². The Hall–Kier alpha value is -4.34. The lowest BCUT2D eigenvalue weighted by molar-refractivity contribution is -0.389. The van der Waals surface area contributed by atoms with Crippen molar-refractivity contribution in [2.45, 2.75) is 33.1 Å². The molecule has 2 aromatic carbocycles. The Morgan fingerprint density at radius 2 is 1.85 bits per heavy atom. The van der Waals surface area contributed by atoms with Crippen LogP contribution in [0.15, 0.2) is 65.3 Å². The minimum Gasteiger partial charge on any atom is -0.497 e. The van der Waals surface area contributed by atoms with E-state index >= 15 is 0 Å². The number of hydrogen-bond acceptors (Lipinski definition) is 8. The van der Waals surface area contributed by atoms with Gasteiger partial charge in [-0.25, -0.2) is 0 Å². The molecule has 2 aromatic heterocycles. The van der Waals surface area contributed by atoms with Crippen LogP contribution in [0.4, 0.5) is 5.82 Å². The Kier molecular flexibility index (Phi) is 6.77. The molecule has 1 unspecified atom stereocenters. The predicted octanol–water partition coefficient (Wildman–Crippen LogP) is 4.81. The summed E-state index contributed by atoms with van der Waals surface area (Å²) in [6.07, 6.45) is 1.45. The molecule has 0 saturated heterocycles. The fraction of sp³-hybridized carbons (Fsp3) is 0.250. The Balaban J connectivity index is 0.000000192. The lowest BCUT2D eigenvalue weighted by Crippen LogP contribution is -2.08. The molecule has 10 heteroatoms. The Labute approximate surface area is 195 Å². The molecule has 0 fully saturated rings. The van der Waals surface area contributed by atoms with Crippen molar-refractivity contribution < 1.29 is 23.7 Å². The second kappa shape index (κ2) is 10.1. The van der Waals surface area contributed by atoms with Crippen LogP contribution in [-0.4, -0.2) is 32.8 Å². The predicted molar refractivity (Wildman–Crippen MR) is 123 cm³/mol. The van der Waals surface area contributed by atoms with Gasteiger partial charge in [-0.05, 0) is 55.2 Å². The zero-order valence-corrected chi connectivity index (χ0v) is 19.0. The van der Waals surface area contributed by atoms with Gasteiger partial charge in [0, 0.05) is 16.6 Å². The van der Waals surface area contributed by atoms with Crippen LogP contribution in [0.3, 0.4) is 0 Å². The summed E-state index contributed by atoms with van der Waals surface area (Å²) in [6, 6.07) is 17.8. The van der Waals surface area contributed by atoms with Crippen LogP contribution in [0.1, 0.15) is 18.2 Å². The third-order valence-corrected chi connectivity index (χ3v) is 5.02. The van der Waals surface area contributed by atoms with Crippen LogP contribution in [0.2, 0.25) is 0 Å². The molecule has 0 N–H and O–H groups in total. The molecule has 4 aromatic rings.